The average molecular weight is 633 g/mol. The second kappa shape index (κ2) is 13.9. The molecule has 2 aliphatic heterocycles. The van der Waals surface area contributed by atoms with E-state index >= 15 is 0 Å². The number of rotatable bonds is 11. The molecule has 0 spiro atoms. The van der Waals surface area contributed by atoms with Crippen molar-refractivity contribution in [2.45, 2.75) is 50.3 Å². The molecule has 218 valence electrons. The van der Waals surface area contributed by atoms with E-state index in [0.29, 0.717) is 37.8 Å². The van der Waals surface area contributed by atoms with Crippen LogP contribution < -0.4 is 4.74 Å². The van der Waals surface area contributed by atoms with Gasteiger partial charge in [-0.15, -0.1) is 0 Å². The molecule has 1 amide bonds. The van der Waals surface area contributed by atoms with E-state index in [1.165, 1.54) is 0 Å². The van der Waals surface area contributed by atoms with E-state index in [-0.39, 0.29) is 25.5 Å². The lowest BCUT2D eigenvalue weighted by Gasteiger charge is -2.37. The van der Waals surface area contributed by atoms with Gasteiger partial charge in [0.25, 0.3) is 5.91 Å². The van der Waals surface area contributed by atoms with Gasteiger partial charge in [-0.3, -0.25) is 4.79 Å². The van der Waals surface area contributed by atoms with Crippen LogP contribution in [-0.2, 0) is 22.5 Å². The van der Waals surface area contributed by atoms with Gasteiger partial charge in [0, 0.05) is 53.0 Å². The number of azide groups is 1. The van der Waals surface area contributed by atoms with Crippen LogP contribution in [0.15, 0.2) is 87.4 Å². The molecule has 2 aliphatic rings. The molecule has 42 heavy (non-hydrogen) atoms. The highest BCUT2D eigenvalue weighted by Crippen LogP contribution is 2.46. The van der Waals surface area contributed by atoms with Crippen LogP contribution >= 0.6 is 15.9 Å². The maximum atomic E-state index is 14.7. The second-order valence-electron chi connectivity index (χ2n) is 10.5. The number of benzene rings is 3. The molecule has 10 heteroatoms. The second-order valence-corrected chi connectivity index (χ2v) is 11.4. The zero-order valence-corrected chi connectivity index (χ0v) is 24.9. The molecule has 5 rings (SSSR count). The van der Waals surface area contributed by atoms with Gasteiger partial charge in [0.05, 0.1) is 13.2 Å². The Bertz CT molecular complexity index is 1470. The summed E-state index contributed by atoms with van der Waals surface area (Å²) in [6.07, 6.45) is 3.11. The van der Waals surface area contributed by atoms with E-state index in [1.807, 2.05) is 77.7 Å². The fourth-order valence-corrected chi connectivity index (χ4v) is 6.08. The van der Waals surface area contributed by atoms with Gasteiger partial charge in [0.2, 0.25) is 5.90 Å². The summed E-state index contributed by atoms with van der Waals surface area (Å²) in [6, 6.07) is 22.9. The first-order chi connectivity index (χ1) is 20.6. The van der Waals surface area contributed by atoms with Crippen molar-refractivity contribution in [1.82, 2.24) is 4.90 Å². The van der Waals surface area contributed by atoms with Crippen molar-refractivity contribution in [3.63, 3.8) is 0 Å². The summed E-state index contributed by atoms with van der Waals surface area (Å²) in [7, 11) is 0. The van der Waals surface area contributed by atoms with E-state index in [0.717, 1.165) is 46.0 Å². The van der Waals surface area contributed by atoms with Crippen LogP contribution in [0.25, 0.3) is 10.4 Å². The number of halogens is 1. The summed E-state index contributed by atoms with van der Waals surface area (Å²) in [5.41, 5.74) is 11.0. The number of carbonyl (C=O) groups excluding carboxylic acids is 1. The third-order valence-corrected chi connectivity index (χ3v) is 8.44. The van der Waals surface area contributed by atoms with Crippen molar-refractivity contribution in [1.29, 1.82) is 0 Å². The molecule has 3 aromatic rings. The van der Waals surface area contributed by atoms with E-state index in [1.54, 1.807) is 0 Å². The van der Waals surface area contributed by atoms with Crippen molar-refractivity contribution in [2.24, 2.45) is 10.1 Å². The van der Waals surface area contributed by atoms with Crippen LogP contribution in [0.5, 0.6) is 5.75 Å². The van der Waals surface area contributed by atoms with Gasteiger partial charge in [0.1, 0.15) is 5.75 Å². The zero-order chi connectivity index (χ0) is 29.4. The predicted octanol–water partition coefficient (Wildman–Crippen LogP) is 6.53. The predicted molar refractivity (Wildman–Crippen MR) is 164 cm³/mol. The topological polar surface area (TPSA) is 120 Å². The molecular weight excluding hydrogens is 598 g/mol. The van der Waals surface area contributed by atoms with Crippen molar-refractivity contribution in [3.8, 4) is 5.75 Å². The van der Waals surface area contributed by atoms with Crippen LogP contribution in [0.4, 0.5) is 0 Å². The van der Waals surface area contributed by atoms with Crippen LogP contribution in [0.1, 0.15) is 54.0 Å². The Hall–Kier alpha value is -3.85. The quantitative estimate of drug-likeness (QED) is 0.112. The molecule has 9 nitrogen and oxygen atoms in total. The molecule has 2 heterocycles. The number of ether oxygens (including phenoxy) is 2. The average Bonchev–Trinajstić information content (AvgIpc) is 3.41. The van der Waals surface area contributed by atoms with Crippen LogP contribution in [-0.4, -0.2) is 53.7 Å². The van der Waals surface area contributed by atoms with Gasteiger partial charge in [0.15, 0.2) is 11.6 Å². The fraction of sp³-hybridized carbons (Fsp3) is 0.375. The summed E-state index contributed by atoms with van der Waals surface area (Å²) in [5, 5.41) is 12.9. The Morgan fingerprint density at radius 2 is 1.79 bits per heavy atom. The minimum absolute atomic E-state index is 0.0677. The number of carbonyl (C=O) groups is 1. The Morgan fingerprint density at radius 3 is 2.50 bits per heavy atom. The van der Waals surface area contributed by atoms with E-state index in [9.17, 15) is 4.79 Å². The molecule has 3 aromatic carbocycles. The smallest absolute Gasteiger partial charge is 0.255 e. The first-order valence-electron chi connectivity index (χ1n) is 14.3. The van der Waals surface area contributed by atoms with E-state index < -0.39 is 11.6 Å². The number of nitrogens with zero attached hydrogens (tertiary/aromatic N) is 5. The highest BCUT2D eigenvalue weighted by Gasteiger charge is 2.55. The normalized spacial score (nSPS) is 19.9. The lowest BCUT2D eigenvalue weighted by atomic mass is 9.80. The van der Waals surface area contributed by atoms with Crippen LogP contribution in [0.2, 0.25) is 0 Å². The van der Waals surface area contributed by atoms with Crippen molar-refractivity contribution in [3.05, 3.63) is 110 Å². The van der Waals surface area contributed by atoms with Crippen LogP contribution in [0.3, 0.4) is 0 Å². The Balaban J connectivity index is 1.62. The third kappa shape index (κ3) is 6.46. The molecule has 0 unspecified atom stereocenters. The number of amides is 1. The van der Waals surface area contributed by atoms with Gasteiger partial charge in [-0.1, -0.05) is 63.5 Å². The molecule has 0 saturated carbocycles. The molecule has 0 bridgehead atoms. The molecule has 0 aliphatic carbocycles. The first kappa shape index (κ1) is 29.6. The van der Waals surface area contributed by atoms with Gasteiger partial charge in [-0.25, -0.2) is 4.99 Å². The minimum Gasteiger partial charge on any atom is -0.494 e. The Labute approximate surface area is 253 Å². The monoisotopic (exact) mass is 631 g/mol. The number of aliphatic imine (C=N–C) groups is 1. The number of hydrogen-bond acceptors (Lipinski definition) is 6. The molecule has 0 aromatic heterocycles. The Kier molecular flexibility index (Phi) is 9.79. The van der Waals surface area contributed by atoms with Gasteiger partial charge >= 0.3 is 0 Å². The fourth-order valence-electron chi connectivity index (χ4n) is 5.59. The number of aliphatic hydroxyl groups is 1. The van der Waals surface area contributed by atoms with E-state index in [4.69, 9.17) is 25.1 Å². The molecule has 0 radical (unpaired) electrons. The zero-order valence-electron chi connectivity index (χ0n) is 23.4. The third-order valence-electron chi connectivity index (χ3n) is 7.72. The van der Waals surface area contributed by atoms with Gasteiger partial charge in [-0.2, -0.15) is 0 Å². The lowest BCUT2D eigenvalue weighted by Crippen LogP contribution is -2.53. The summed E-state index contributed by atoms with van der Waals surface area (Å²) >= 11 is 3.71. The number of hydrogen-bond donors (Lipinski definition) is 1. The first-order valence-corrected chi connectivity index (χ1v) is 15.1. The summed E-state index contributed by atoms with van der Waals surface area (Å²) in [4.78, 5) is 24.8. The summed E-state index contributed by atoms with van der Waals surface area (Å²) < 4.78 is 13.2. The minimum atomic E-state index is -1.29. The van der Waals surface area contributed by atoms with Crippen molar-refractivity contribution in [2.75, 3.05) is 26.3 Å². The summed E-state index contributed by atoms with van der Waals surface area (Å²) in [6.45, 7) is 2.01. The highest BCUT2D eigenvalue weighted by atomic mass is 79.9. The number of piperidine rings is 1. The van der Waals surface area contributed by atoms with Crippen molar-refractivity contribution >= 4 is 27.7 Å². The molecule has 2 atom stereocenters. The maximum Gasteiger partial charge on any atom is 0.255 e. The van der Waals surface area contributed by atoms with Crippen LogP contribution in [0, 0.1) is 0 Å². The maximum absolute atomic E-state index is 14.7. The SMILES string of the molecule is [N-]=[N+]=NCc1ccccc1C[C@@]1(C(=O)N2CCCCC2)N=C(c2ccc(OCCCO)cc2)O[C@@H]1c1ccccc1Br. The largest absolute Gasteiger partial charge is 0.494 e. The van der Waals surface area contributed by atoms with Gasteiger partial charge < -0.3 is 19.5 Å². The lowest BCUT2D eigenvalue weighted by molar-refractivity contribution is -0.140. The highest BCUT2D eigenvalue weighted by molar-refractivity contribution is 9.10. The molecular formula is C32H34BrN5O4. The summed E-state index contributed by atoms with van der Waals surface area (Å²) in [5.74, 6) is 0.992. The van der Waals surface area contributed by atoms with E-state index in [2.05, 4.69) is 26.0 Å². The number of likely N-dealkylation sites (tertiary alicyclic amines) is 1. The molecule has 1 fully saturated rings. The standard InChI is InChI=1S/C32H34BrN5O4/c33-28-12-5-4-11-27(28)29-32(31(40)38-17-6-1-7-18-38,21-24-9-2-3-10-25(24)22-35-37-34)36-30(42-29)23-13-15-26(16-14-23)41-20-8-19-39/h2-5,9-16,29,39H,1,6-8,17-22H2/t29-,32-/m1/s1. The Morgan fingerprint density at radius 1 is 1.07 bits per heavy atom. The number of aliphatic hydroxyl groups excluding tert-OH is 1. The van der Waals surface area contributed by atoms with Crippen molar-refractivity contribution < 1.29 is 19.4 Å². The molecule has 1 saturated heterocycles. The van der Waals surface area contributed by atoms with Gasteiger partial charge in [-0.05, 0) is 66.3 Å². The molecule has 1 N–H and O–H groups in total.